The topological polar surface area (TPSA) is 73.1 Å². The van der Waals surface area contributed by atoms with Gasteiger partial charge in [-0.1, -0.05) is 37.3 Å². The van der Waals surface area contributed by atoms with Crippen molar-refractivity contribution < 1.29 is 4.74 Å². The monoisotopic (exact) mass is 272 g/mol. The second-order valence-electron chi connectivity index (χ2n) is 4.67. The first-order valence-corrected chi connectivity index (χ1v) is 6.65. The molecule has 0 spiro atoms. The highest BCUT2D eigenvalue weighted by molar-refractivity contribution is 5.66. The van der Waals surface area contributed by atoms with E-state index < -0.39 is 0 Å². The lowest BCUT2D eigenvalue weighted by Gasteiger charge is -2.14. The van der Waals surface area contributed by atoms with Crippen LogP contribution in [0.1, 0.15) is 24.8 Å². The van der Waals surface area contributed by atoms with Gasteiger partial charge in [0.05, 0.1) is 7.11 Å². The fourth-order valence-electron chi connectivity index (χ4n) is 2.04. The van der Waals surface area contributed by atoms with Crippen LogP contribution in [0.25, 0.3) is 0 Å². The van der Waals surface area contributed by atoms with Crippen molar-refractivity contribution in [2.24, 2.45) is 0 Å². The van der Waals surface area contributed by atoms with E-state index in [1.807, 2.05) is 6.07 Å². The smallest absolute Gasteiger partial charge is 0.242 e. The van der Waals surface area contributed by atoms with Crippen LogP contribution in [0.5, 0.6) is 5.88 Å². The molecule has 1 atom stereocenters. The highest BCUT2D eigenvalue weighted by atomic mass is 16.5. The molecule has 1 heterocycles. The molecule has 0 aliphatic heterocycles. The summed E-state index contributed by atoms with van der Waals surface area (Å²) in [6.45, 7) is 3.00. The molecule has 0 fully saturated rings. The van der Waals surface area contributed by atoms with Gasteiger partial charge in [0.15, 0.2) is 5.82 Å². The molecule has 3 N–H and O–H groups in total. The van der Waals surface area contributed by atoms with Crippen molar-refractivity contribution in [3.63, 3.8) is 0 Å². The first kappa shape index (κ1) is 14.1. The summed E-state index contributed by atoms with van der Waals surface area (Å²) in [5.41, 5.74) is 7.69. The Morgan fingerprint density at radius 3 is 2.70 bits per heavy atom. The Bertz CT molecular complexity index is 545. The highest BCUT2D eigenvalue weighted by Crippen LogP contribution is 2.24. The molecule has 5 nitrogen and oxygen atoms in total. The number of nitrogens with zero attached hydrogens (tertiary/aromatic N) is 2. The van der Waals surface area contributed by atoms with Crippen LogP contribution in [-0.4, -0.2) is 23.6 Å². The third-order valence-electron chi connectivity index (χ3n) is 3.28. The molecule has 106 valence electrons. The lowest BCUT2D eigenvalue weighted by atomic mass is 9.98. The molecule has 2 aromatic rings. The summed E-state index contributed by atoms with van der Waals surface area (Å²) in [6, 6.07) is 10.4. The lowest BCUT2D eigenvalue weighted by molar-refractivity contribution is 0.399. The van der Waals surface area contributed by atoms with Crippen molar-refractivity contribution in [2.45, 2.75) is 19.3 Å². The zero-order chi connectivity index (χ0) is 14.4. The van der Waals surface area contributed by atoms with Crippen LogP contribution in [-0.2, 0) is 0 Å². The number of hydrogen-bond donors (Lipinski definition) is 2. The van der Waals surface area contributed by atoms with E-state index >= 15 is 0 Å². The number of anilines is 2. The highest BCUT2D eigenvalue weighted by Gasteiger charge is 2.09. The number of aromatic nitrogens is 2. The van der Waals surface area contributed by atoms with Gasteiger partial charge in [0.2, 0.25) is 5.88 Å². The number of rotatable bonds is 6. The van der Waals surface area contributed by atoms with Crippen LogP contribution < -0.4 is 15.8 Å². The Hall–Kier alpha value is -2.30. The largest absolute Gasteiger partial charge is 0.479 e. The minimum absolute atomic E-state index is 0.401. The zero-order valence-electron chi connectivity index (χ0n) is 11.8. The average Bonchev–Trinajstić information content (AvgIpc) is 2.49. The molecule has 20 heavy (non-hydrogen) atoms. The maximum absolute atomic E-state index is 5.91. The molecule has 1 aromatic heterocycles. The molecular weight excluding hydrogens is 252 g/mol. The normalized spacial score (nSPS) is 11.9. The minimum Gasteiger partial charge on any atom is -0.479 e. The SMILES string of the molecule is COc1ncnc(NCCC(C)c2ccccc2)c1N. The summed E-state index contributed by atoms with van der Waals surface area (Å²) >= 11 is 0. The van der Waals surface area contributed by atoms with Gasteiger partial charge in [-0.3, -0.25) is 0 Å². The number of ether oxygens (including phenoxy) is 1. The average molecular weight is 272 g/mol. The van der Waals surface area contributed by atoms with Crippen molar-refractivity contribution in [3.8, 4) is 5.88 Å². The quantitative estimate of drug-likeness (QED) is 0.845. The van der Waals surface area contributed by atoms with E-state index in [0.717, 1.165) is 13.0 Å². The maximum atomic E-state index is 5.91. The predicted octanol–water partition coefficient (Wildman–Crippen LogP) is 2.67. The third kappa shape index (κ3) is 3.38. The fraction of sp³-hybridized carbons (Fsp3) is 0.333. The summed E-state index contributed by atoms with van der Waals surface area (Å²) in [6.07, 6.45) is 2.44. The van der Waals surface area contributed by atoms with Crippen molar-refractivity contribution in [1.29, 1.82) is 0 Å². The number of hydrogen-bond acceptors (Lipinski definition) is 5. The Morgan fingerprint density at radius 1 is 1.25 bits per heavy atom. The summed E-state index contributed by atoms with van der Waals surface area (Å²) < 4.78 is 5.07. The fourth-order valence-corrected chi connectivity index (χ4v) is 2.04. The van der Waals surface area contributed by atoms with Gasteiger partial charge in [-0.25, -0.2) is 4.98 Å². The molecular formula is C15H20N4O. The lowest BCUT2D eigenvalue weighted by Crippen LogP contribution is -2.10. The van der Waals surface area contributed by atoms with Gasteiger partial charge in [0.1, 0.15) is 12.0 Å². The van der Waals surface area contributed by atoms with Gasteiger partial charge in [0.25, 0.3) is 0 Å². The molecule has 1 unspecified atom stereocenters. The molecule has 1 aromatic carbocycles. The van der Waals surface area contributed by atoms with Gasteiger partial charge < -0.3 is 15.8 Å². The Morgan fingerprint density at radius 2 is 2.00 bits per heavy atom. The standard InChI is InChI=1S/C15H20N4O/c1-11(12-6-4-3-5-7-12)8-9-17-14-13(16)15(20-2)19-10-18-14/h3-7,10-11H,8-9,16H2,1-2H3,(H,17,18,19). The first-order chi connectivity index (χ1) is 9.72. The van der Waals surface area contributed by atoms with Crippen molar-refractivity contribution in [1.82, 2.24) is 9.97 Å². The van der Waals surface area contributed by atoms with Crippen LogP contribution in [0.15, 0.2) is 36.7 Å². The number of benzene rings is 1. The molecule has 0 saturated heterocycles. The zero-order valence-corrected chi connectivity index (χ0v) is 11.8. The molecule has 2 rings (SSSR count). The number of nitrogens with one attached hydrogen (secondary N) is 1. The van der Waals surface area contributed by atoms with E-state index in [1.165, 1.54) is 11.9 Å². The van der Waals surface area contributed by atoms with E-state index in [-0.39, 0.29) is 0 Å². The number of nitrogen functional groups attached to an aromatic ring is 1. The summed E-state index contributed by atoms with van der Waals surface area (Å²) in [7, 11) is 1.54. The van der Waals surface area contributed by atoms with E-state index in [2.05, 4.69) is 46.5 Å². The third-order valence-corrected chi connectivity index (χ3v) is 3.28. The van der Waals surface area contributed by atoms with Crippen molar-refractivity contribution >= 4 is 11.5 Å². The number of methoxy groups -OCH3 is 1. The number of nitrogens with two attached hydrogens (primary N) is 1. The van der Waals surface area contributed by atoms with Crippen LogP contribution in [0, 0.1) is 0 Å². The van der Waals surface area contributed by atoms with Crippen LogP contribution in [0.2, 0.25) is 0 Å². The van der Waals surface area contributed by atoms with E-state index in [9.17, 15) is 0 Å². The van der Waals surface area contributed by atoms with Crippen LogP contribution >= 0.6 is 0 Å². The molecule has 0 amide bonds. The van der Waals surface area contributed by atoms with Gasteiger partial charge in [-0.05, 0) is 17.9 Å². The molecule has 0 aliphatic rings. The Balaban J connectivity index is 1.90. The predicted molar refractivity (Wildman–Crippen MR) is 81.0 cm³/mol. The van der Waals surface area contributed by atoms with Gasteiger partial charge in [0, 0.05) is 6.54 Å². The van der Waals surface area contributed by atoms with E-state index in [0.29, 0.717) is 23.3 Å². The van der Waals surface area contributed by atoms with Gasteiger partial charge in [-0.15, -0.1) is 0 Å². The second kappa shape index (κ2) is 6.75. The molecule has 0 saturated carbocycles. The summed E-state index contributed by atoms with van der Waals surface area (Å²) in [5, 5.41) is 3.23. The first-order valence-electron chi connectivity index (χ1n) is 6.65. The van der Waals surface area contributed by atoms with Crippen molar-refractivity contribution in [2.75, 3.05) is 24.7 Å². The Labute approximate surface area is 119 Å². The summed E-state index contributed by atoms with van der Waals surface area (Å²) in [4.78, 5) is 8.08. The molecule has 5 heteroatoms. The van der Waals surface area contributed by atoms with Gasteiger partial charge in [-0.2, -0.15) is 4.98 Å². The van der Waals surface area contributed by atoms with Crippen LogP contribution in [0.4, 0.5) is 11.5 Å². The molecule has 0 bridgehead atoms. The second-order valence-corrected chi connectivity index (χ2v) is 4.67. The minimum atomic E-state index is 0.401. The molecule has 0 aliphatic carbocycles. The van der Waals surface area contributed by atoms with E-state index in [4.69, 9.17) is 10.5 Å². The van der Waals surface area contributed by atoms with Gasteiger partial charge >= 0.3 is 0 Å². The molecule has 0 radical (unpaired) electrons. The Kier molecular flexibility index (Phi) is 4.76. The van der Waals surface area contributed by atoms with Crippen LogP contribution in [0.3, 0.4) is 0 Å². The maximum Gasteiger partial charge on any atom is 0.242 e. The van der Waals surface area contributed by atoms with Crippen molar-refractivity contribution in [3.05, 3.63) is 42.2 Å². The van der Waals surface area contributed by atoms with E-state index in [1.54, 1.807) is 7.11 Å². The summed E-state index contributed by atoms with van der Waals surface area (Å²) in [5.74, 6) is 1.50.